The number of aromatic amines is 1. The van der Waals surface area contributed by atoms with Crippen LogP contribution in [0, 0.1) is 6.92 Å². The standard InChI is InChI=1S/C10H14N6S/c1-3-4-7-14-8(11)6(2)9(15-7)17-10-12-5-13-16-10/h5H,3-4H2,1-2H3,(H2,11,14,15)(H,12,13,16). The van der Waals surface area contributed by atoms with E-state index in [1.165, 1.54) is 18.1 Å². The first-order valence-electron chi connectivity index (χ1n) is 5.37. The van der Waals surface area contributed by atoms with Gasteiger partial charge in [-0.05, 0) is 25.1 Å². The van der Waals surface area contributed by atoms with Crippen LogP contribution in [0.2, 0.25) is 0 Å². The molecule has 2 heterocycles. The van der Waals surface area contributed by atoms with E-state index < -0.39 is 0 Å². The smallest absolute Gasteiger partial charge is 0.189 e. The van der Waals surface area contributed by atoms with Crippen molar-refractivity contribution in [2.45, 2.75) is 36.9 Å². The molecule has 0 aliphatic rings. The molecule has 7 heteroatoms. The van der Waals surface area contributed by atoms with Gasteiger partial charge < -0.3 is 5.73 Å². The summed E-state index contributed by atoms with van der Waals surface area (Å²) >= 11 is 1.41. The van der Waals surface area contributed by atoms with Gasteiger partial charge in [-0.2, -0.15) is 5.10 Å². The highest BCUT2D eigenvalue weighted by atomic mass is 32.2. The minimum Gasteiger partial charge on any atom is -0.383 e. The molecule has 0 saturated carbocycles. The van der Waals surface area contributed by atoms with Gasteiger partial charge in [0.15, 0.2) is 5.16 Å². The normalized spacial score (nSPS) is 10.7. The van der Waals surface area contributed by atoms with E-state index in [4.69, 9.17) is 5.73 Å². The number of hydrogen-bond acceptors (Lipinski definition) is 6. The van der Waals surface area contributed by atoms with Gasteiger partial charge in [-0.25, -0.2) is 15.0 Å². The van der Waals surface area contributed by atoms with Crippen LogP contribution in [0.4, 0.5) is 5.82 Å². The lowest BCUT2D eigenvalue weighted by Gasteiger charge is -2.07. The topological polar surface area (TPSA) is 93.4 Å². The van der Waals surface area contributed by atoms with Crippen molar-refractivity contribution in [3.05, 3.63) is 17.7 Å². The van der Waals surface area contributed by atoms with Gasteiger partial charge in [0.25, 0.3) is 0 Å². The first kappa shape index (κ1) is 11.8. The van der Waals surface area contributed by atoms with Crippen LogP contribution in [0.5, 0.6) is 0 Å². The fourth-order valence-corrected chi connectivity index (χ4v) is 2.12. The summed E-state index contributed by atoms with van der Waals surface area (Å²) in [5.41, 5.74) is 6.75. The Hall–Kier alpha value is -1.63. The third-order valence-corrected chi connectivity index (χ3v) is 3.23. The zero-order valence-electron chi connectivity index (χ0n) is 9.77. The second-order valence-electron chi connectivity index (χ2n) is 3.60. The molecule has 0 amide bonds. The number of rotatable bonds is 4. The summed E-state index contributed by atoms with van der Waals surface area (Å²) in [5, 5.41) is 8.12. The molecule has 0 spiro atoms. The highest BCUT2D eigenvalue weighted by molar-refractivity contribution is 7.99. The largest absolute Gasteiger partial charge is 0.383 e. The van der Waals surface area contributed by atoms with Crippen LogP contribution < -0.4 is 5.73 Å². The van der Waals surface area contributed by atoms with E-state index in [0.717, 1.165) is 29.3 Å². The fraction of sp³-hybridized carbons (Fsp3) is 0.400. The number of aromatic nitrogens is 5. The van der Waals surface area contributed by atoms with Gasteiger partial charge in [-0.1, -0.05) is 6.92 Å². The van der Waals surface area contributed by atoms with Gasteiger partial charge in [0.05, 0.1) is 0 Å². The van der Waals surface area contributed by atoms with Crippen molar-refractivity contribution in [1.29, 1.82) is 0 Å². The molecule has 2 aromatic heterocycles. The van der Waals surface area contributed by atoms with E-state index >= 15 is 0 Å². The maximum Gasteiger partial charge on any atom is 0.189 e. The predicted octanol–water partition coefficient (Wildman–Crippen LogP) is 1.59. The molecule has 90 valence electrons. The highest BCUT2D eigenvalue weighted by Gasteiger charge is 2.11. The van der Waals surface area contributed by atoms with Crippen molar-refractivity contribution >= 4 is 17.6 Å². The monoisotopic (exact) mass is 250 g/mol. The van der Waals surface area contributed by atoms with E-state index in [9.17, 15) is 0 Å². The van der Waals surface area contributed by atoms with E-state index in [1.54, 1.807) is 0 Å². The van der Waals surface area contributed by atoms with Crippen LogP contribution in [0.3, 0.4) is 0 Å². The Morgan fingerprint density at radius 1 is 1.41 bits per heavy atom. The Morgan fingerprint density at radius 3 is 2.88 bits per heavy atom. The third kappa shape index (κ3) is 2.73. The van der Waals surface area contributed by atoms with Crippen molar-refractivity contribution < 1.29 is 0 Å². The van der Waals surface area contributed by atoms with E-state index in [1.807, 2.05) is 6.92 Å². The van der Waals surface area contributed by atoms with Crippen molar-refractivity contribution in [2.24, 2.45) is 0 Å². The van der Waals surface area contributed by atoms with Crippen molar-refractivity contribution in [1.82, 2.24) is 25.1 Å². The molecule has 0 aromatic carbocycles. The van der Waals surface area contributed by atoms with Crippen LogP contribution in [0.15, 0.2) is 16.5 Å². The van der Waals surface area contributed by atoms with Crippen molar-refractivity contribution in [3.8, 4) is 0 Å². The van der Waals surface area contributed by atoms with E-state index in [2.05, 4.69) is 32.1 Å². The zero-order valence-corrected chi connectivity index (χ0v) is 10.6. The highest BCUT2D eigenvalue weighted by Crippen LogP contribution is 2.27. The lowest BCUT2D eigenvalue weighted by atomic mass is 10.3. The SMILES string of the molecule is CCCc1nc(N)c(C)c(Sc2ncn[nH]2)n1. The first-order valence-corrected chi connectivity index (χ1v) is 6.18. The molecule has 0 atom stereocenters. The number of nitrogens with one attached hydrogen (secondary N) is 1. The molecule has 17 heavy (non-hydrogen) atoms. The number of nitrogen functional groups attached to an aromatic ring is 1. The summed E-state index contributed by atoms with van der Waals surface area (Å²) in [4.78, 5) is 12.8. The molecule has 0 fully saturated rings. The van der Waals surface area contributed by atoms with Gasteiger partial charge in [0.1, 0.15) is 23.0 Å². The van der Waals surface area contributed by atoms with Crippen LogP contribution in [-0.4, -0.2) is 25.1 Å². The molecule has 2 aromatic rings. The minimum atomic E-state index is 0.533. The van der Waals surface area contributed by atoms with Gasteiger partial charge >= 0.3 is 0 Å². The van der Waals surface area contributed by atoms with E-state index in [-0.39, 0.29) is 0 Å². The Bertz CT molecular complexity index is 496. The predicted molar refractivity (Wildman–Crippen MR) is 65.7 cm³/mol. The molecule has 0 aliphatic heterocycles. The maximum atomic E-state index is 5.87. The molecule has 2 rings (SSSR count). The van der Waals surface area contributed by atoms with Gasteiger partial charge in [0, 0.05) is 12.0 Å². The Morgan fingerprint density at radius 2 is 2.24 bits per heavy atom. The molecule has 0 aliphatic carbocycles. The fourth-order valence-electron chi connectivity index (χ4n) is 1.33. The Balaban J connectivity index is 2.31. The number of aryl methyl sites for hydroxylation is 1. The van der Waals surface area contributed by atoms with Crippen LogP contribution >= 0.6 is 11.8 Å². The lowest BCUT2D eigenvalue weighted by molar-refractivity contribution is 0.804. The molecule has 6 nitrogen and oxygen atoms in total. The number of hydrogen-bond donors (Lipinski definition) is 2. The van der Waals surface area contributed by atoms with Crippen LogP contribution in [-0.2, 0) is 6.42 Å². The van der Waals surface area contributed by atoms with E-state index in [0.29, 0.717) is 11.0 Å². The summed E-state index contributed by atoms with van der Waals surface area (Å²) in [5.74, 6) is 1.31. The molecule has 0 saturated heterocycles. The van der Waals surface area contributed by atoms with Gasteiger partial charge in [-0.15, -0.1) is 0 Å². The van der Waals surface area contributed by atoms with Gasteiger partial charge in [-0.3, -0.25) is 5.10 Å². The molecule has 0 radical (unpaired) electrons. The molecular weight excluding hydrogens is 236 g/mol. The maximum absolute atomic E-state index is 5.87. The average Bonchev–Trinajstić information content (AvgIpc) is 2.78. The summed E-state index contributed by atoms with van der Waals surface area (Å²) in [6.07, 6.45) is 3.29. The van der Waals surface area contributed by atoms with Crippen molar-refractivity contribution in [2.75, 3.05) is 5.73 Å². The number of nitrogens with two attached hydrogens (primary N) is 1. The summed E-state index contributed by atoms with van der Waals surface area (Å²) in [6, 6.07) is 0. The first-order chi connectivity index (χ1) is 8.20. The van der Waals surface area contributed by atoms with Gasteiger partial charge in [0.2, 0.25) is 0 Å². The molecule has 0 unspecified atom stereocenters. The summed E-state index contributed by atoms with van der Waals surface area (Å²) in [6.45, 7) is 3.99. The molecular formula is C10H14N6S. The molecule has 0 bridgehead atoms. The Kier molecular flexibility index (Phi) is 3.58. The quantitative estimate of drug-likeness (QED) is 0.800. The zero-order chi connectivity index (χ0) is 12.3. The number of nitrogens with zero attached hydrogens (tertiary/aromatic N) is 4. The second kappa shape index (κ2) is 5.13. The van der Waals surface area contributed by atoms with Crippen LogP contribution in [0.25, 0.3) is 0 Å². The number of H-pyrrole nitrogens is 1. The Labute approximate surface area is 103 Å². The minimum absolute atomic E-state index is 0.533. The van der Waals surface area contributed by atoms with Crippen molar-refractivity contribution in [3.63, 3.8) is 0 Å². The van der Waals surface area contributed by atoms with Crippen LogP contribution in [0.1, 0.15) is 24.7 Å². The average molecular weight is 250 g/mol. The summed E-state index contributed by atoms with van der Waals surface area (Å²) in [7, 11) is 0. The summed E-state index contributed by atoms with van der Waals surface area (Å²) < 4.78 is 0. The molecule has 3 N–H and O–H groups in total. The third-order valence-electron chi connectivity index (χ3n) is 2.24. The second-order valence-corrected chi connectivity index (χ2v) is 4.58. The number of anilines is 1. The lowest BCUT2D eigenvalue weighted by Crippen LogP contribution is -2.04.